The van der Waals surface area contributed by atoms with Crippen molar-refractivity contribution in [3.05, 3.63) is 40.5 Å². The van der Waals surface area contributed by atoms with Gasteiger partial charge in [-0.25, -0.2) is 9.97 Å². The van der Waals surface area contributed by atoms with Crippen LogP contribution in [-0.4, -0.2) is 16.5 Å². The Labute approximate surface area is 93.2 Å². The van der Waals surface area contributed by atoms with Crippen LogP contribution in [0.25, 0.3) is 0 Å². The summed E-state index contributed by atoms with van der Waals surface area (Å²) < 4.78 is 0. The second-order valence-electron chi connectivity index (χ2n) is 3.30. The lowest BCUT2D eigenvalue weighted by atomic mass is 10.2. The zero-order valence-electron chi connectivity index (χ0n) is 8.60. The molecule has 0 atom stereocenters. The first-order valence-corrected chi connectivity index (χ1v) is 5.83. The van der Waals surface area contributed by atoms with Crippen LogP contribution in [0.3, 0.4) is 0 Å². The van der Waals surface area contributed by atoms with Crippen LogP contribution in [0.2, 0.25) is 0 Å². The average molecular weight is 219 g/mol. The number of rotatable bonds is 4. The number of hydrogen-bond donors (Lipinski definition) is 1. The van der Waals surface area contributed by atoms with Gasteiger partial charge >= 0.3 is 0 Å². The van der Waals surface area contributed by atoms with Crippen molar-refractivity contribution in [3.63, 3.8) is 0 Å². The molecule has 0 spiro atoms. The van der Waals surface area contributed by atoms with E-state index in [2.05, 4.69) is 32.1 Å². The fourth-order valence-electron chi connectivity index (χ4n) is 1.32. The van der Waals surface area contributed by atoms with Gasteiger partial charge in [-0.1, -0.05) is 0 Å². The standard InChI is InChI=1S/C11H13N3S/c1-9-12-6-3-11(14-9)13-5-2-10-4-7-15-8-10/h3-4,6-8H,2,5H2,1H3,(H,12,13,14). The molecule has 0 aliphatic carbocycles. The third-order valence-electron chi connectivity index (χ3n) is 2.08. The third-order valence-corrected chi connectivity index (χ3v) is 2.81. The summed E-state index contributed by atoms with van der Waals surface area (Å²) in [5.41, 5.74) is 1.37. The van der Waals surface area contributed by atoms with Gasteiger partial charge in [0.2, 0.25) is 0 Å². The molecule has 2 aromatic heterocycles. The van der Waals surface area contributed by atoms with E-state index in [0.717, 1.165) is 24.6 Å². The molecule has 2 aromatic rings. The van der Waals surface area contributed by atoms with E-state index in [-0.39, 0.29) is 0 Å². The molecule has 0 radical (unpaired) electrons. The van der Waals surface area contributed by atoms with E-state index in [1.807, 2.05) is 13.0 Å². The van der Waals surface area contributed by atoms with Crippen molar-refractivity contribution >= 4 is 17.2 Å². The highest BCUT2D eigenvalue weighted by atomic mass is 32.1. The summed E-state index contributed by atoms with van der Waals surface area (Å²) in [6.45, 7) is 2.80. The van der Waals surface area contributed by atoms with Gasteiger partial charge in [0.15, 0.2) is 0 Å². The molecule has 1 N–H and O–H groups in total. The van der Waals surface area contributed by atoms with Crippen molar-refractivity contribution in [2.75, 3.05) is 11.9 Å². The first-order valence-electron chi connectivity index (χ1n) is 4.89. The molecule has 0 aromatic carbocycles. The van der Waals surface area contributed by atoms with E-state index in [4.69, 9.17) is 0 Å². The van der Waals surface area contributed by atoms with E-state index in [0.29, 0.717) is 0 Å². The van der Waals surface area contributed by atoms with Gasteiger partial charge in [-0.15, -0.1) is 0 Å². The van der Waals surface area contributed by atoms with Crippen molar-refractivity contribution in [3.8, 4) is 0 Å². The maximum atomic E-state index is 4.27. The first kappa shape index (κ1) is 10.1. The Hall–Kier alpha value is -1.42. The Bertz CT molecular complexity index is 412. The predicted octanol–water partition coefficient (Wildman–Crippen LogP) is 2.50. The summed E-state index contributed by atoms with van der Waals surface area (Å²) in [4.78, 5) is 8.32. The number of aromatic nitrogens is 2. The normalized spacial score (nSPS) is 10.2. The van der Waals surface area contributed by atoms with Gasteiger partial charge in [0.05, 0.1) is 0 Å². The number of thiophene rings is 1. The molecule has 0 aliphatic rings. The van der Waals surface area contributed by atoms with Crippen LogP contribution in [0.4, 0.5) is 5.82 Å². The molecule has 0 amide bonds. The summed E-state index contributed by atoms with van der Waals surface area (Å²) in [6, 6.07) is 4.04. The molecular weight excluding hydrogens is 206 g/mol. The monoisotopic (exact) mass is 219 g/mol. The molecule has 0 saturated heterocycles. The molecule has 0 saturated carbocycles. The smallest absolute Gasteiger partial charge is 0.129 e. The summed E-state index contributed by atoms with van der Waals surface area (Å²) in [6.07, 6.45) is 2.81. The predicted molar refractivity (Wildman–Crippen MR) is 63.3 cm³/mol. The number of hydrogen-bond acceptors (Lipinski definition) is 4. The molecule has 0 aliphatic heterocycles. The van der Waals surface area contributed by atoms with Gasteiger partial charge in [0.1, 0.15) is 11.6 Å². The second kappa shape index (κ2) is 4.89. The molecule has 2 rings (SSSR count). The Morgan fingerprint density at radius 3 is 3.07 bits per heavy atom. The van der Waals surface area contributed by atoms with Crippen LogP contribution in [0.1, 0.15) is 11.4 Å². The minimum atomic E-state index is 0.801. The van der Waals surface area contributed by atoms with Crippen LogP contribution in [0.15, 0.2) is 29.1 Å². The van der Waals surface area contributed by atoms with Gasteiger partial charge < -0.3 is 5.32 Å². The summed E-state index contributed by atoms with van der Waals surface area (Å²) in [5, 5.41) is 7.55. The van der Waals surface area contributed by atoms with Crippen molar-refractivity contribution in [2.45, 2.75) is 13.3 Å². The number of aryl methyl sites for hydroxylation is 1. The van der Waals surface area contributed by atoms with E-state index in [1.165, 1.54) is 5.56 Å². The van der Waals surface area contributed by atoms with Crippen LogP contribution < -0.4 is 5.32 Å². The summed E-state index contributed by atoms with van der Waals surface area (Å²) in [5.74, 6) is 1.70. The largest absolute Gasteiger partial charge is 0.370 e. The fraction of sp³-hybridized carbons (Fsp3) is 0.273. The topological polar surface area (TPSA) is 37.8 Å². The second-order valence-corrected chi connectivity index (χ2v) is 4.08. The molecular formula is C11H13N3S. The van der Waals surface area contributed by atoms with Gasteiger partial charge in [-0.05, 0) is 41.8 Å². The van der Waals surface area contributed by atoms with Crippen LogP contribution in [0.5, 0.6) is 0 Å². The Morgan fingerprint density at radius 2 is 2.33 bits per heavy atom. The lowest BCUT2D eigenvalue weighted by Gasteiger charge is -2.04. The Balaban J connectivity index is 1.83. The lowest BCUT2D eigenvalue weighted by molar-refractivity contribution is 0.985. The average Bonchev–Trinajstić information content (AvgIpc) is 2.71. The molecule has 15 heavy (non-hydrogen) atoms. The minimum absolute atomic E-state index is 0.801. The quantitative estimate of drug-likeness (QED) is 0.858. The molecule has 4 heteroatoms. The third kappa shape index (κ3) is 3.02. The Morgan fingerprint density at radius 1 is 1.40 bits per heavy atom. The minimum Gasteiger partial charge on any atom is -0.370 e. The molecule has 0 unspecified atom stereocenters. The van der Waals surface area contributed by atoms with Gasteiger partial charge in [0.25, 0.3) is 0 Å². The van der Waals surface area contributed by atoms with Crippen molar-refractivity contribution in [1.29, 1.82) is 0 Å². The van der Waals surface area contributed by atoms with Crippen LogP contribution >= 0.6 is 11.3 Å². The van der Waals surface area contributed by atoms with Gasteiger partial charge in [0, 0.05) is 12.7 Å². The number of anilines is 1. The van der Waals surface area contributed by atoms with Crippen molar-refractivity contribution < 1.29 is 0 Å². The lowest BCUT2D eigenvalue weighted by Crippen LogP contribution is -2.06. The van der Waals surface area contributed by atoms with E-state index < -0.39 is 0 Å². The highest BCUT2D eigenvalue weighted by molar-refractivity contribution is 7.07. The highest BCUT2D eigenvalue weighted by Crippen LogP contribution is 2.07. The molecule has 78 valence electrons. The van der Waals surface area contributed by atoms with Crippen LogP contribution in [0, 0.1) is 6.92 Å². The molecule has 0 fully saturated rings. The maximum absolute atomic E-state index is 4.27. The van der Waals surface area contributed by atoms with Crippen molar-refractivity contribution in [1.82, 2.24) is 9.97 Å². The number of nitrogens with one attached hydrogen (secondary N) is 1. The molecule has 3 nitrogen and oxygen atoms in total. The zero-order chi connectivity index (χ0) is 10.5. The summed E-state index contributed by atoms with van der Waals surface area (Å²) in [7, 11) is 0. The zero-order valence-corrected chi connectivity index (χ0v) is 9.42. The van der Waals surface area contributed by atoms with Crippen molar-refractivity contribution in [2.24, 2.45) is 0 Å². The maximum Gasteiger partial charge on any atom is 0.129 e. The van der Waals surface area contributed by atoms with Gasteiger partial charge in [-0.2, -0.15) is 11.3 Å². The number of nitrogens with zero attached hydrogens (tertiary/aromatic N) is 2. The SMILES string of the molecule is Cc1nccc(NCCc2ccsc2)n1. The molecule has 2 heterocycles. The summed E-state index contributed by atoms with van der Waals surface area (Å²) >= 11 is 1.73. The Kier molecular flexibility index (Phi) is 3.29. The highest BCUT2D eigenvalue weighted by Gasteiger charge is 1.95. The van der Waals surface area contributed by atoms with E-state index in [1.54, 1.807) is 17.5 Å². The van der Waals surface area contributed by atoms with Crippen LogP contribution in [-0.2, 0) is 6.42 Å². The van der Waals surface area contributed by atoms with E-state index >= 15 is 0 Å². The fourth-order valence-corrected chi connectivity index (χ4v) is 2.03. The molecule has 0 bridgehead atoms. The van der Waals surface area contributed by atoms with E-state index in [9.17, 15) is 0 Å². The van der Waals surface area contributed by atoms with Gasteiger partial charge in [-0.3, -0.25) is 0 Å². The first-order chi connectivity index (χ1) is 7.34.